The van der Waals surface area contributed by atoms with Crippen LogP contribution in [0, 0.1) is 0 Å². The molecule has 1 atom stereocenters. The van der Waals surface area contributed by atoms with Crippen molar-refractivity contribution in [1.29, 1.82) is 0 Å². The fourth-order valence-electron chi connectivity index (χ4n) is 4.15. The van der Waals surface area contributed by atoms with Gasteiger partial charge in [0.25, 0.3) is 0 Å². The molecule has 0 aliphatic rings. The summed E-state index contributed by atoms with van der Waals surface area (Å²) >= 11 is 0. The first kappa shape index (κ1) is 29.9. The molecule has 0 aromatic heterocycles. The Balaban J connectivity index is 0. The predicted octanol–water partition coefficient (Wildman–Crippen LogP) is 10.3. The lowest BCUT2D eigenvalue weighted by Gasteiger charge is -2.30. The maximum atomic E-state index is 3.34. The molecular weight excluding hydrogens is 367 g/mol. The van der Waals surface area contributed by atoms with E-state index in [9.17, 15) is 0 Å². The summed E-state index contributed by atoms with van der Waals surface area (Å²) in [4.78, 5) is 0. The van der Waals surface area contributed by atoms with Crippen LogP contribution in [0.5, 0.6) is 0 Å². The predicted molar refractivity (Wildman–Crippen MR) is 134 cm³/mol. The SMILES string of the molecule is CCCCCCCCC(P)(CCCCCCCC)CCCCCCCC.Cl. The molecule has 0 fully saturated rings. The molecule has 0 saturated carbocycles. The van der Waals surface area contributed by atoms with Crippen molar-refractivity contribution in [3.05, 3.63) is 0 Å². The summed E-state index contributed by atoms with van der Waals surface area (Å²) in [6.45, 7) is 6.94. The van der Waals surface area contributed by atoms with Crippen LogP contribution in [0.1, 0.15) is 156 Å². The molecule has 0 nitrogen and oxygen atoms in total. The standard InChI is InChI=1S/C25H53P.ClH/c1-4-7-10-13-16-19-22-25(26,23-20-17-14-11-8-5-2)24-21-18-15-12-9-6-3;/h4-24,26H2,1-3H3;1H. The van der Waals surface area contributed by atoms with Crippen LogP contribution in [0.4, 0.5) is 0 Å². The fourth-order valence-corrected chi connectivity index (χ4v) is 4.76. The zero-order valence-electron chi connectivity index (χ0n) is 19.3. The third kappa shape index (κ3) is 21.2. The first-order chi connectivity index (χ1) is 12.7. The van der Waals surface area contributed by atoms with Gasteiger partial charge >= 0.3 is 0 Å². The third-order valence-electron chi connectivity index (χ3n) is 6.08. The van der Waals surface area contributed by atoms with Crippen molar-refractivity contribution < 1.29 is 0 Å². The normalized spacial score (nSPS) is 11.6. The van der Waals surface area contributed by atoms with Gasteiger partial charge in [-0.15, -0.1) is 21.6 Å². The highest BCUT2D eigenvalue weighted by Gasteiger charge is 2.23. The highest BCUT2D eigenvalue weighted by molar-refractivity contribution is 7.19. The molecule has 0 aromatic carbocycles. The first-order valence-corrected chi connectivity index (χ1v) is 13.0. The molecule has 2 heteroatoms. The van der Waals surface area contributed by atoms with Crippen molar-refractivity contribution >= 4 is 21.6 Å². The van der Waals surface area contributed by atoms with E-state index in [1.165, 1.54) is 135 Å². The van der Waals surface area contributed by atoms with Crippen molar-refractivity contribution in [2.75, 3.05) is 0 Å². The molecule has 0 radical (unpaired) electrons. The van der Waals surface area contributed by atoms with Crippen molar-refractivity contribution in [3.63, 3.8) is 0 Å². The van der Waals surface area contributed by atoms with E-state index in [0.717, 1.165) is 0 Å². The summed E-state index contributed by atoms with van der Waals surface area (Å²) in [6, 6.07) is 0. The Kier molecular flexibility index (Phi) is 25.5. The van der Waals surface area contributed by atoms with E-state index in [1.807, 2.05) is 0 Å². The molecule has 27 heavy (non-hydrogen) atoms. The van der Waals surface area contributed by atoms with Crippen molar-refractivity contribution in [2.24, 2.45) is 0 Å². The van der Waals surface area contributed by atoms with Gasteiger partial charge in [-0.1, -0.05) is 136 Å². The first-order valence-electron chi connectivity index (χ1n) is 12.5. The lowest BCUT2D eigenvalue weighted by Crippen LogP contribution is -2.20. The molecule has 0 aliphatic heterocycles. The summed E-state index contributed by atoms with van der Waals surface area (Å²) in [7, 11) is 3.34. The topological polar surface area (TPSA) is 0 Å². The Labute approximate surface area is 182 Å². The van der Waals surface area contributed by atoms with Gasteiger partial charge in [-0.3, -0.25) is 0 Å². The molecule has 0 aromatic rings. The second kappa shape index (κ2) is 23.0. The summed E-state index contributed by atoms with van der Waals surface area (Å²) in [5.74, 6) is 0. The summed E-state index contributed by atoms with van der Waals surface area (Å²) in [5.41, 5.74) is 0. The van der Waals surface area contributed by atoms with Gasteiger partial charge in [0.1, 0.15) is 0 Å². The Morgan fingerprint density at radius 2 is 0.630 bits per heavy atom. The zero-order chi connectivity index (χ0) is 19.3. The van der Waals surface area contributed by atoms with Gasteiger partial charge in [0.05, 0.1) is 0 Å². The maximum absolute atomic E-state index is 3.34. The zero-order valence-corrected chi connectivity index (χ0v) is 21.3. The van der Waals surface area contributed by atoms with Gasteiger partial charge < -0.3 is 0 Å². The Hall–Kier alpha value is 0.720. The molecule has 0 saturated heterocycles. The van der Waals surface area contributed by atoms with E-state index >= 15 is 0 Å². The van der Waals surface area contributed by atoms with Gasteiger partial charge in [-0.25, -0.2) is 0 Å². The molecule has 0 rings (SSSR count). The van der Waals surface area contributed by atoms with Crippen LogP contribution in [-0.2, 0) is 0 Å². The smallest absolute Gasteiger partial charge is 0.0150 e. The Morgan fingerprint density at radius 1 is 0.407 bits per heavy atom. The third-order valence-corrected chi connectivity index (χ3v) is 6.95. The average Bonchev–Trinajstić information content (AvgIpc) is 2.64. The molecule has 166 valence electrons. The van der Waals surface area contributed by atoms with Crippen LogP contribution in [-0.4, -0.2) is 5.16 Å². The number of rotatable bonds is 21. The lowest BCUT2D eigenvalue weighted by atomic mass is 9.88. The maximum Gasteiger partial charge on any atom is -0.0150 e. The van der Waals surface area contributed by atoms with Crippen LogP contribution in [0.3, 0.4) is 0 Å². The highest BCUT2D eigenvalue weighted by Crippen LogP contribution is 2.37. The number of hydrogen-bond acceptors (Lipinski definition) is 0. The van der Waals surface area contributed by atoms with Gasteiger partial charge in [-0.2, -0.15) is 0 Å². The van der Waals surface area contributed by atoms with Gasteiger partial charge in [0.2, 0.25) is 0 Å². The molecule has 0 spiro atoms. The quantitative estimate of drug-likeness (QED) is 0.128. The minimum absolute atomic E-state index is 0. The van der Waals surface area contributed by atoms with Crippen molar-refractivity contribution in [2.45, 2.75) is 161 Å². The van der Waals surface area contributed by atoms with E-state index in [1.54, 1.807) is 0 Å². The van der Waals surface area contributed by atoms with Crippen LogP contribution >= 0.6 is 21.6 Å². The minimum atomic E-state index is 0. The van der Waals surface area contributed by atoms with E-state index in [-0.39, 0.29) is 12.4 Å². The van der Waals surface area contributed by atoms with Crippen molar-refractivity contribution in [3.8, 4) is 0 Å². The largest absolute Gasteiger partial charge is 0.147 e. The average molecular weight is 421 g/mol. The van der Waals surface area contributed by atoms with Gasteiger partial charge in [0, 0.05) is 0 Å². The molecule has 1 unspecified atom stereocenters. The van der Waals surface area contributed by atoms with Crippen LogP contribution < -0.4 is 0 Å². The molecular formula is C25H54ClP. The van der Waals surface area contributed by atoms with E-state index < -0.39 is 0 Å². The van der Waals surface area contributed by atoms with E-state index in [2.05, 4.69) is 30.0 Å². The number of unbranched alkanes of at least 4 members (excludes halogenated alkanes) is 15. The number of halogens is 1. The highest BCUT2D eigenvalue weighted by atomic mass is 35.5. The summed E-state index contributed by atoms with van der Waals surface area (Å²) in [5, 5.41) is 0.556. The molecule has 0 aliphatic carbocycles. The van der Waals surface area contributed by atoms with Gasteiger partial charge in [0.15, 0.2) is 0 Å². The molecule has 0 N–H and O–H groups in total. The van der Waals surface area contributed by atoms with Crippen molar-refractivity contribution in [1.82, 2.24) is 0 Å². The van der Waals surface area contributed by atoms with Crippen LogP contribution in [0.25, 0.3) is 0 Å². The molecule has 0 bridgehead atoms. The molecule has 0 amide bonds. The minimum Gasteiger partial charge on any atom is -0.147 e. The monoisotopic (exact) mass is 420 g/mol. The van der Waals surface area contributed by atoms with Crippen LogP contribution in [0.2, 0.25) is 0 Å². The van der Waals surface area contributed by atoms with Gasteiger partial charge in [-0.05, 0) is 24.4 Å². The number of hydrogen-bond donors (Lipinski definition) is 0. The summed E-state index contributed by atoms with van der Waals surface area (Å²) in [6.07, 6.45) is 30.2. The fraction of sp³-hybridized carbons (Fsp3) is 1.00. The van der Waals surface area contributed by atoms with E-state index in [4.69, 9.17) is 0 Å². The Bertz CT molecular complexity index is 226. The second-order valence-electron chi connectivity index (χ2n) is 8.92. The Morgan fingerprint density at radius 3 is 0.889 bits per heavy atom. The lowest BCUT2D eigenvalue weighted by molar-refractivity contribution is 0.402. The van der Waals surface area contributed by atoms with E-state index in [0.29, 0.717) is 5.16 Å². The second-order valence-corrected chi connectivity index (χ2v) is 10.1. The van der Waals surface area contributed by atoms with Crippen LogP contribution in [0.15, 0.2) is 0 Å². The summed E-state index contributed by atoms with van der Waals surface area (Å²) < 4.78 is 0. The molecule has 0 heterocycles.